The first-order valence-electron chi connectivity index (χ1n) is 8.50. The van der Waals surface area contributed by atoms with E-state index in [1.807, 2.05) is 11.4 Å². The van der Waals surface area contributed by atoms with Crippen molar-refractivity contribution in [1.29, 1.82) is 0 Å². The molecule has 8 heteroatoms. The average molecular weight is 384 g/mol. The molecule has 0 bridgehead atoms. The monoisotopic (exact) mass is 384 g/mol. The van der Waals surface area contributed by atoms with Crippen molar-refractivity contribution in [3.8, 4) is 0 Å². The quantitative estimate of drug-likeness (QED) is 0.681. The lowest BCUT2D eigenvalue weighted by Crippen LogP contribution is -2.38. The van der Waals surface area contributed by atoms with Crippen molar-refractivity contribution in [2.75, 3.05) is 7.05 Å². The van der Waals surface area contributed by atoms with Gasteiger partial charge in [-0.1, -0.05) is 18.2 Å². The molecule has 0 saturated carbocycles. The molecular formula is C19H20N4O3S. The predicted molar refractivity (Wildman–Crippen MR) is 105 cm³/mol. The maximum atomic E-state index is 12.4. The maximum Gasteiger partial charge on any atom is 0.268 e. The van der Waals surface area contributed by atoms with Gasteiger partial charge in [0, 0.05) is 25.1 Å². The van der Waals surface area contributed by atoms with Crippen molar-refractivity contribution in [1.82, 2.24) is 20.2 Å². The van der Waals surface area contributed by atoms with Gasteiger partial charge in [-0.25, -0.2) is 4.98 Å². The minimum atomic E-state index is -0.320. The second-order valence-corrected chi connectivity index (χ2v) is 7.26. The number of H-pyrrole nitrogens is 1. The van der Waals surface area contributed by atoms with Crippen molar-refractivity contribution < 1.29 is 9.59 Å². The van der Waals surface area contributed by atoms with Crippen molar-refractivity contribution in [3.05, 3.63) is 63.5 Å². The summed E-state index contributed by atoms with van der Waals surface area (Å²) >= 11 is 1.33. The van der Waals surface area contributed by atoms with E-state index in [0.29, 0.717) is 21.6 Å². The largest absolute Gasteiger partial charge is 0.349 e. The SMILES string of the molecule is CC(CC(=O)N(C)Cc1nc2ccsc2c(=O)[nH]1)NC(=O)c1ccccc1. The number of fused-ring (bicyclic) bond motifs is 1. The van der Waals surface area contributed by atoms with Gasteiger partial charge in [-0.15, -0.1) is 11.3 Å². The Bertz CT molecular complexity index is 1010. The average Bonchev–Trinajstić information content (AvgIpc) is 3.11. The number of thiophene rings is 1. The van der Waals surface area contributed by atoms with Gasteiger partial charge in [0.25, 0.3) is 11.5 Å². The number of rotatable bonds is 6. The molecule has 3 aromatic rings. The zero-order valence-electron chi connectivity index (χ0n) is 15.1. The number of nitrogens with zero attached hydrogens (tertiary/aromatic N) is 2. The summed E-state index contributed by atoms with van der Waals surface area (Å²) in [6.45, 7) is 1.98. The Balaban J connectivity index is 1.58. The van der Waals surface area contributed by atoms with Crippen LogP contribution in [0.2, 0.25) is 0 Å². The third kappa shape index (κ3) is 4.59. The molecule has 27 heavy (non-hydrogen) atoms. The minimum absolute atomic E-state index is 0.149. The van der Waals surface area contributed by atoms with Crippen LogP contribution in [-0.2, 0) is 11.3 Å². The molecule has 2 amide bonds. The number of aromatic amines is 1. The van der Waals surface area contributed by atoms with Crippen LogP contribution in [0.15, 0.2) is 46.6 Å². The van der Waals surface area contributed by atoms with Crippen LogP contribution in [-0.4, -0.2) is 39.8 Å². The lowest BCUT2D eigenvalue weighted by Gasteiger charge is -2.20. The third-order valence-electron chi connectivity index (χ3n) is 4.07. The summed E-state index contributed by atoms with van der Waals surface area (Å²) in [6, 6.07) is 10.3. The Morgan fingerprint density at radius 2 is 2.00 bits per heavy atom. The maximum absolute atomic E-state index is 12.4. The van der Waals surface area contributed by atoms with Gasteiger partial charge >= 0.3 is 0 Å². The molecule has 2 heterocycles. The van der Waals surface area contributed by atoms with Gasteiger partial charge in [-0.2, -0.15) is 0 Å². The van der Waals surface area contributed by atoms with E-state index in [4.69, 9.17) is 0 Å². The smallest absolute Gasteiger partial charge is 0.268 e. The van der Waals surface area contributed by atoms with Gasteiger partial charge in [-0.3, -0.25) is 14.4 Å². The van der Waals surface area contributed by atoms with Gasteiger partial charge in [0.15, 0.2) is 0 Å². The fraction of sp³-hybridized carbons (Fsp3) is 0.263. The number of hydrogen-bond acceptors (Lipinski definition) is 5. The third-order valence-corrected chi connectivity index (χ3v) is 4.97. The Labute approximate surface area is 160 Å². The molecule has 0 aliphatic rings. The fourth-order valence-corrected chi connectivity index (χ4v) is 3.40. The second-order valence-electron chi connectivity index (χ2n) is 6.34. The Morgan fingerprint density at radius 1 is 1.26 bits per heavy atom. The van der Waals surface area contributed by atoms with Crippen LogP contribution in [0.1, 0.15) is 29.5 Å². The summed E-state index contributed by atoms with van der Waals surface area (Å²) in [5, 5.41) is 4.63. The summed E-state index contributed by atoms with van der Waals surface area (Å²) in [5.74, 6) is 0.0686. The van der Waals surface area contributed by atoms with E-state index in [-0.39, 0.29) is 36.4 Å². The highest BCUT2D eigenvalue weighted by Crippen LogP contribution is 2.14. The molecule has 0 spiro atoms. The Morgan fingerprint density at radius 3 is 2.74 bits per heavy atom. The van der Waals surface area contributed by atoms with Gasteiger partial charge in [0.05, 0.1) is 12.1 Å². The lowest BCUT2D eigenvalue weighted by atomic mass is 10.1. The van der Waals surface area contributed by atoms with E-state index in [9.17, 15) is 14.4 Å². The van der Waals surface area contributed by atoms with Crippen molar-refractivity contribution in [2.24, 2.45) is 0 Å². The van der Waals surface area contributed by atoms with E-state index < -0.39 is 0 Å². The molecule has 0 radical (unpaired) electrons. The molecule has 7 nitrogen and oxygen atoms in total. The number of hydrogen-bond donors (Lipinski definition) is 2. The zero-order valence-corrected chi connectivity index (χ0v) is 15.9. The summed E-state index contributed by atoms with van der Waals surface area (Å²) in [4.78, 5) is 45.2. The van der Waals surface area contributed by atoms with Crippen molar-refractivity contribution >= 4 is 33.4 Å². The van der Waals surface area contributed by atoms with E-state index in [1.165, 1.54) is 16.2 Å². The molecule has 0 aliphatic heterocycles. The second kappa shape index (κ2) is 8.13. The Kier molecular flexibility index (Phi) is 5.66. The van der Waals surface area contributed by atoms with Crippen LogP contribution in [0.5, 0.6) is 0 Å². The summed E-state index contributed by atoms with van der Waals surface area (Å²) in [7, 11) is 1.64. The topological polar surface area (TPSA) is 95.2 Å². The first-order valence-corrected chi connectivity index (χ1v) is 9.38. The standard InChI is InChI=1S/C19H20N4O3S/c1-12(20-18(25)13-6-4-3-5-7-13)10-16(24)23(2)11-15-21-14-8-9-27-17(14)19(26)22-15/h3-9,12H,10-11H2,1-2H3,(H,20,25)(H,21,22,26). The molecule has 2 N–H and O–H groups in total. The fourth-order valence-electron chi connectivity index (χ4n) is 2.67. The molecule has 3 rings (SSSR count). The number of benzene rings is 1. The number of carbonyl (C=O) groups excluding carboxylic acids is 2. The Hall–Kier alpha value is -3.00. The number of carbonyl (C=O) groups is 2. The number of amides is 2. The van der Waals surface area contributed by atoms with Gasteiger partial charge in [0.1, 0.15) is 10.5 Å². The van der Waals surface area contributed by atoms with Crippen molar-refractivity contribution in [3.63, 3.8) is 0 Å². The summed E-state index contributed by atoms with van der Waals surface area (Å²) in [6.07, 6.45) is 0.153. The van der Waals surface area contributed by atoms with E-state index in [0.717, 1.165) is 0 Å². The first-order chi connectivity index (χ1) is 12.9. The highest BCUT2D eigenvalue weighted by molar-refractivity contribution is 7.17. The highest BCUT2D eigenvalue weighted by atomic mass is 32.1. The van der Waals surface area contributed by atoms with Crippen molar-refractivity contribution in [2.45, 2.75) is 25.9 Å². The molecule has 1 atom stereocenters. The van der Waals surface area contributed by atoms with Gasteiger partial charge in [-0.05, 0) is 30.5 Å². The normalized spacial score (nSPS) is 11.9. The lowest BCUT2D eigenvalue weighted by molar-refractivity contribution is -0.130. The highest BCUT2D eigenvalue weighted by Gasteiger charge is 2.17. The predicted octanol–water partition coefficient (Wildman–Crippen LogP) is 2.15. The van der Waals surface area contributed by atoms with Crippen LogP contribution in [0.4, 0.5) is 0 Å². The van der Waals surface area contributed by atoms with Crippen LogP contribution in [0.3, 0.4) is 0 Å². The minimum Gasteiger partial charge on any atom is -0.349 e. The molecule has 0 aliphatic carbocycles. The van der Waals surface area contributed by atoms with E-state index >= 15 is 0 Å². The first kappa shape index (κ1) is 18.8. The van der Waals surface area contributed by atoms with Gasteiger partial charge in [0.2, 0.25) is 5.91 Å². The van der Waals surface area contributed by atoms with E-state index in [1.54, 1.807) is 44.3 Å². The molecule has 140 valence electrons. The molecular weight excluding hydrogens is 364 g/mol. The zero-order chi connectivity index (χ0) is 19.4. The number of aromatic nitrogens is 2. The molecule has 0 fully saturated rings. The molecule has 2 aromatic heterocycles. The van der Waals surface area contributed by atoms with Crippen LogP contribution >= 0.6 is 11.3 Å². The van der Waals surface area contributed by atoms with E-state index in [2.05, 4.69) is 15.3 Å². The van der Waals surface area contributed by atoms with Crippen LogP contribution < -0.4 is 10.9 Å². The van der Waals surface area contributed by atoms with Gasteiger partial charge < -0.3 is 15.2 Å². The van der Waals surface area contributed by atoms with Crippen LogP contribution in [0.25, 0.3) is 10.2 Å². The molecule has 1 unspecified atom stereocenters. The number of nitrogens with one attached hydrogen (secondary N) is 2. The molecule has 1 aromatic carbocycles. The summed E-state index contributed by atoms with van der Waals surface area (Å²) in [5.41, 5.74) is 0.980. The van der Waals surface area contributed by atoms with Crippen LogP contribution in [0, 0.1) is 0 Å². The molecule has 0 saturated heterocycles. The summed E-state index contributed by atoms with van der Waals surface area (Å²) < 4.78 is 0.574.